The molecule has 1 aromatic carbocycles. The van der Waals surface area contributed by atoms with Crippen molar-refractivity contribution in [1.82, 2.24) is 0 Å². The van der Waals surface area contributed by atoms with E-state index >= 15 is 0 Å². The van der Waals surface area contributed by atoms with Crippen molar-refractivity contribution < 1.29 is 26.7 Å². The first kappa shape index (κ1) is 15.1. The maximum absolute atomic E-state index is 12.6. The molecule has 0 atom stereocenters. The van der Waals surface area contributed by atoms with E-state index in [2.05, 4.69) is 4.74 Å². The van der Waals surface area contributed by atoms with Gasteiger partial charge in [0.15, 0.2) is 6.61 Å². The monoisotopic (exact) mass is 309 g/mol. The lowest BCUT2D eigenvalue weighted by Crippen LogP contribution is -2.41. The average molecular weight is 310 g/mol. The molecule has 0 aliphatic rings. The molecule has 0 aliphatic heterocycles. The van der Waals surface area contributed by atoms with Gasteiger partial charge in [-0.3, -0.25) is 0 Å². The highest BCUT2D eigenvalue weighted by Crippen LogP contribution is 2.37. The van der Waals surface area contributed by atoms with Gasteiger partial charge < -0.3 is 10.5 Å². The smallest absolute Gasteiger partial charge is 0.456 e. The molecule has 0 saturated carbocycles. The first-order valence-corrected chi connectivity index (χ1v) is 5.12. The molecular formula is C9H6Cl2F5NO. The standard InChI is InChI=1S/C9H6Cl2F5NO/c10-4-1-6(17)7(2-5(4)11)18-3-8(12,13)9(14,15)16/h1-2H,3,17H2. The van der Waals surface area contributed by atoms with Gasteiger partial charge in [-0.05, 0) is 6.07 Å². The van der Waals surface area contributed by atoms with Crippen LogP contribution < -0.4 is 10.5 Å². The number of hydrogen-bond acceptors (Lipinski definition) is 2. The van der Waals surface area contributed by atoms with Crippen LogP contribution in [-0.2, 0) is 0 Å². The van der Waals surface area contributed by atoms with Gasteiger partial charge in [0.25, 0.3) is 0 Å². The van der Waals surface area contributed by atoms with Gasteiger partial charge in [0.2, 0.25) is 0 Å². The Bertz CT molecular complexity index is 449. The summed E-state index contributed by atoms with van der Waals surface area (Å²) in [5.41, 5.74) is 5.14. The Morgan fingerprint density at radius 2 is 1.56 bits per heavy atom. The van der Waals surface area contributed by atoms with Crippen molar-refractivity contribution in [1.29, 1.82) is 0 Å². The minimum absolute atomic E-state index is 0.0316. The summed E-state index contributed by atoms with van der Waals surface area (Å²) in [6, 6.07) is 2.05. The summed E-state index contributed by atoms with van der Waals surface area (Å²) in [6.07, 6.45) is -5.70. The van der Waals surface area contributed by atoms with Gasteiger partial charge in [0.05, 0.1) is 15.7 Å². The van der Waals surface area contributed by atoms with Crippen LogP contribution in [0.1, 0.15) is 0 Å². The van der Waals surface area contributed by atoms with Gasteiger partial charge in [-0.25, -0.2) is 0 Å². The summed E-state index contributed by atoms with van der Waals surface area (Å²) in [5.74, 6) is -5.38. The van der Waals surface area contributed by atoms with E-state index in [0.29, 0.717) is 0 Å². The molecule has 2 N–H and O–H groups in total. The molecule has 0 saturated heterocycles. The Morgan fingerprint density at radius 3 is 2.06 bits per heavy atom. The first-order chi connectivity index (χ1) is 8.04. The Hall–Kier alpha value is -0.950. The predicted octanol–water partition coefficient (Wildman–Crippen LogP) is 4.15. The van der Waals surface area contributed by atoms with Crippen LogP contribution in [0.2, 0.25) is 10.0 Å². The number of anilines is 1. The third kappa shape index (κ3) is 3.29. The molecule has 0 aliphatic carbocycles. The van der Waals surface area contributed by atoms with Crippen LogP contribution in [0, 0.1) is 0 Å². The number of benzene rings is 1. The summed E-state index contributed by atoms with van der Waals surface area (Å²) in [6.45, 7) is -1.89. The normalized spacial score (nSPS) is 12.6. The maximum Gasteiger partial charge on any atom is 0.456 e. The van der Waals surface area contributed by atoms with Gasteiger partial charge in [-0.2, -0.15) is 22.0 Å². The summed E-state index contributed by atoms with van der Waals surface area (Å²) in [7, 11) is 0. The second-order valence-corrected chi connectivity index (χ2v) is 4.11. The van der Waals surface area contributed by atoms with Crippen molar-refractivity contribution in [3.63, 3.8) is 0 Å². The van der Waals surface area contributed by atoms with Crippen molar-refractivity contribution in [3.8, 4) is 5.75 Å². The van der Waals surface area contributed by atoms with Crippen LogP contribution in [-0.4, -0.2) is 18.7 Å². The molecule has 0 heterocycles. The summed E-state index contributed by atoms with van der Waals surface area (Å²) >= 11 is 11.1. The molecular weight excluding hydrogens is 304 g/mol. The second-order valence-electron chi connectivity index (χ2n) is 3.30. The number of nitrogens with two attached hydrogens (primary N) is 1. The Kier molecular flexibility index (Phi) is 4.17. The van der Waals surface area contributed by atoms with E-state index in [4.69, 9.17) is 28.9 Å². The lowest BCUT2D eigenvalue weighted by atomic mass is 10.3. The zero-order chi connectivity index (χ0) is 14.1. The number of rotatable bonds is 3. The number of hydrogen-bond donors (Lipinski definition) is 1. The van der Waals surface area contributed by atoms with Crippen molar-refractivity contribution in [2.75, 3.05) is 12.3 Å². The molecule has 1 aromatic rings. The molecule has 9 heteroatoms. The number of nitrogen functional groups attached to an aromatic ring is 1. The van der Waals surface area contributed by atoms with Gasteiger partial charge in [-0.1, -0.05) is 23.2 Å². The van der Waals surface area contributed by atoms with E-state index < -0.39 is 24.5 Å². The SMILES string of the molecule is Nc1cc(Cl)c(Cl)cc1OCC(F)(F)C(F)(F)F. The third-order valence-corrected chi connectivity index (χ3v) is 2.60. The summed E-state index contributed by atoms with van der Waals surface area (Å²) < 4.78 is 65.1. The molecule has 2 nitrogen and oxygen atoms in total. The van der Waals surface area contributed by atoms with Crippen molar-refractivity contribution in [2.45, 2.75) is 12.1 Å². The minimum Gasteiger partial charge on any atom is -0.485 e. The van der Waals surface area contributed by atoms with Crippen LogP contribution in [0.25, 0.3) is 0 Å². The third-order valence-electron chi connectivity index (χ3n) is 1.88. The van der Waals surface area contributed by atoms with Crippen LogP contribution >= 0.6 is 23.2 Å². The maximum atomic E-state index is 12.6. The molecule has 102 valence electrons. The first-order valence-electron chi connectivity index (χ1n) is 4.36. The fraction of sp³-hybridized carbons (Fsp3) is 0.333. The highest BCUT2D eigenvalue weighted by atomic mass is 35.5. The van der Waals surface area contributed by atoms with E-state index in [0.717, 1.165) is 12.1 Å². The summed E-state index contributed by atoms with van der Waals surface area (Å²) in [4.78, 5) is 0. The number of ether oxygens (including phenoxy) is 1. The molecule has 0 amide bonds. The number of alkyl halides is 5. The van der Waals surface area contributed by atoms with Crippen LogP contribution in [0.15, 0.2) is 12.1 Å². The van der Waals surface area contributed by atoms with Crippen LogP contribution in [0.5, 0.6) is 5.75 Å². The fourth-order valence-corrected chi connectivity index (χ4v) is 1.24. The average Bonchev–Trinajstić information content (AvgIpc) is 2.20. The van der Waals surface area contributed by atoms with Gasteiger partial charge in [0.1, 0.15) is 5.75 Å². The Balaban J connectivity index is 2.85. The van der Waals surface area contributed by atoms with Crippen LogP contribution in [0.4, 0.5) is 27.6 Å². The lowest BCUT2D eigenvalue weighted by molar-refractivity contribution is -0.289. The van der Waals surface area contributed by atoms with E-state index in [1.54, 1.807) is 0 Å². The zero-order valence-electron chi connectivity index (χ0n) is 8.49. The van der Waals surface area contributed by atoms with Crippen molar-refractivity contribution >= 4 is 28.9 Å². The van der Waals surface area contributed by atoms with Gasteiger partial charge in [0, 0.05) is 6.07 Å². The van der Waals surface area contributed by atoms with Crippen molar-refractivity contribution in [3.05, 3.63) is 22.2 Å². The van der Waals surface area contributed by atoms with E-state index in [1.807, 2.05) is 0 Å². The molecule has 0 aromatic heterocycles. The van der Waals surface area contributed by atoms with Crippen LogP contribution in [0.3, 0.4) is 0 Å². The van der Waals surface area contributed by atoms with E-state index in [9.17, 15) is 22.0 Å². The number of halogens is 7. The topological polar surface area (TPSA) is 35.2 Å². The van der Waals surface area contributed by atoms with Crippen molar-refractivity contribution in [2.24, 2.45) is 0 Å². The molecule has 0 bridgehead atoms. The van der Waals surface area contributed by atoms with Gasteiger partial charge in [-0.15, -0.1) is 0 Å². The highest BCUT2D eigenvalue weighted by molar-refractivity contribution is 6.42. The minimum atomic E-state index is -5.70. The highest BCUT2D eigenvalue weighted by Gasteiger charge is 2.58. The molecule has 0 fully saturated rings. The zero-order valence-corrected chi connectivity index (χ0v) is 10.0. The van der Waals surface area contributed by atoms with E-state index in [-0.39, 0.29) is 15.7 Å². The molecule has 0 spiro atoms. The molecule has 1 rings (SSSR count). The quantitative estimate of drug-likeness (QED) is 0.672. The molecule has 0 unspecified atom stereocenters. The Labute approximate surface area is 108 Å². The second kappa shape index (κ2) is 4.97. The van der Waals surface area contributed by atoms with E-state index in [1.165, 1.54) is 0 Å². The largest absolute Gasteiger partial charge is 0.485 e. The lowest BCUT2D eigenvalue weighted by Gasteiger charge is -2.20. The Morgan fingerprint density at radius 1 is 1.06 bits per heavy atom. The molecule has 18 heavy (non-hydrogen) atoms. The predicted molar refractivity (Wildman–Crippen MR) is 57.4 cm³/mol. The van der Waals surface area contributed by atoms with Gasteiger partial charge >= 0.3 is 12.1 Å². The summed E-state index contributed by atoms with van der Waals surface area (Å²) in [5, 5.41) is -0.0414. The molecule has 0 radical (unpaired) electrons. The fourth-order valence-electron chi connectivity index (χ4n) is 0.919.